The minimum atomic E-state index is -1.02. The number of hydrogen-bond acceptors (Lipinski definition) is 5. The van der Waals surface area contributed by atoms with Gasteiger partial charge in [0.1, 0.15) is 13.1 Å². The molecule has 0 unspecified atom stereocenters. The van der Waals surface area contributed by atoms with Gasteiger partial charge < -0.3 is 10.0 Å². The molecule has 0 saturated heterocycles. The molecule has 8 nitrogen and oxygen atoms in total. The average molecular weight is 301 g/mol. The Balaban J connectivity index is 1.69. The Morgan fingerprint density at radius 3 is 2.64 bits per heavy atom. The second-order valence-electron chi connectivity index (χ2n) is 5.16. The third kappa shape index (κ3) is 3.27. The molecule has 0 atom stereocenters. The Morgan fingerprint density at radius 1 is 1.27 bits per heavy atom. The SMILES string of the molecule is O=C(O)CN(C(=O)Cn1nnc(-c2ccccc2)n1)C1CC1. The highest BCUT2D eigenvalue weighted by atomic mass is 16.4. The van der Waals surface area contributed by atoms with Crippen molar-refractivity contribution in [1.29, 1.82) is 0 Å². The Kier molecular flexibility index (Phi) is 3.82. The van der Waals surface area contributed by atoms with Crippen LogP contribution in [0.4, 0.5) is 0 Å². The van der Waals surface area contributed by atoms with Crippen molar-refractivity contribution in [2.45, 2.75) is 25.4 Å². The Bertz CT molecular complexity index is 681. The minimum Gasteiger partial charge on any atom is -0.480 e. The van der Waals surface area contributed by atoms with Crippen molar-refractivity contribution in [3.05, 3.63) is 30.3 Å². The van der Waals surface area contributed by atoms with E-state index in [2.05, 4.69) is 15.4 Å². The summed E-state index contributed by atoms with van der Waals surface area (Å²) in [6, 6.07) is 9.34. The first-order chi connectivity index (χ1) is 10.6. The summed E-state index contributed by atoms with van der Waals surface area (Å²) in [6.45, 7) is -0.395. The number of hydrogen-bond donors (Lipinski definition) is 1. The molecular formula is C14H15N5O3. The molecule has 3 rings (SSSR count). The highest BCUT2D eigenvalue weighted by molar-refractivity contribution is 5.81. The van der Waals surface area contributed by atoms with Crippen molar-refractivity contribution in [3.8, 4) is 11.4 Å². The van der Waals surface area contributed by atoms with Gasteiger partial charge in [-0.25, -0.2) is 0 Å². The normalized spacial score (nSPS) is 13.8. The lowest BCUT2D eigenvalue weighted by Crippen LogP contribution is -2.39. The van der Waals surface area contributed by atoms with Crippen LogP contribution in [0.2, 0.25) is 0 Å². The van der Waals surface area contributed by atoms with E-state index < -0.39 is 5.97 Å². The number of carbonyl (C=O) groups excluding carboxylic acids is 1. The average Bonchev–Trinajstić information content (AvgIpc) is 3.24. The maximum Gasteiger partial charge on any atom is 0.323 e. The Labute approximate surface area is 126 Å². The molecule has 1 aromatic heterocycles. The molecule has 1 saturated carbocycles. The second-order valence-corrected chi connectivity index (χ2v) is 5.16. The van der Waals surface area contributed by atoms with Crippen molar-refractivity contribution in [2.24, 2.45) is 0 Å². The van der Waals surface area contributed by atoms with Crippen LogP contribution in [0.5, 0.6) is 0 Å². The molecule has 0 spiro atoms. The van der Waals surface area contributed by atoms with E-state index in [0.717, 1.165) is 18.4 Å². The highest BCUT2D eigenvalue weighted by Gasteiger charge is 2.34. The van der Waals surface area contributed by atoms with Crippen LogP contribution in [0.25, 0.3) is 11.4 Å². The van der Waals surface area contributed by atoms with Crippen LogP contribution in [0.1, 0.15) is 12.8 Å². The van der Waals surface area contributed by atoms with Crippen LogP contribution in [-0.4, -0.2) is 54.7 Å². The van der Waals surface area contributed by atoms with Gasteiger partial charge in [0.05, 0.1) is 0 Å². The molecule has 1 heterocycles. The Morgan fingerprint density at radius 2 is 2.00 bits per heavy atom. The van der Waals surface area contributed by atoms with E-state index in [-0.39, 0.29) is 25.0 Å². The summed E-state index contributed by atoms with van der Waals surface area (Å²) < 4.78 is 0. The summed E-state index contributed by atoms with van der Waals surface area (Å²) in [6.07, 6.45) is 1.69. The molecule has 0 bridgehead atoms. The number of aliphatic carboxylic acids is 1. The first-order valence-electron chi connectivity index (χ1n) is 6.98. The smallest absolute Gasteiger partial charge is 0.323 e. The zero-order chi connectivity index (χ0) is 15.5. The summed E-state index contributed by atoms with van der Waals surface area (Å²) in [4.78, 5) is 25.6. The van der Waals surface area contributed by atoms with Gasteiger partial charge in [0.2, 0.25) is 11.7 Å². The van der Waals surface area contributed by atoms with Crippen molar-refractivity contribution in [3.63, 3.8) is 0 Å². The van der Waals surface area contributed by atoms with E-state index in [1.165, 1.54) is 9.70 Å². The first kappa shape index (κ1) is 14.2. The molecule has 1 fully saturated rings. The van der Waals surface area contributed by atoms with Gasteiger partial charge in [0.25, 0.3) is 0 Å². The zero-order valence-corrected chi connectivity index (χ0v) is 11.8. The standard InChI is InChI=1S/C14H15N5O3/c20-12(18(9-13(21)22)11-6-7-11)8-19-16-14(15-17-19)10-4-2-1-3-5-10/h1-5,11H,6-9H2,(H,21,22). The van der Waals surface area contributed by atoms with Gasteiger partial charge in [-0.3, -0.25) is 9.59 Å². The predicted octanol–water partition coefficient (Wildman–Crippen LogP) is 0.416. The topological polar surface area (TPSA) is 101 Å². The molecule has 1 aliphatic carbocycles. The van der Waals surface area contributed by atoms with E-state index in [1.54, 1.807) is 0 Å². The largest absolute Gasteiger partial charge is 0.480 e. The summed E-state index contributed by atoms with van der Waals surface area (Å²) in [5.74, 6) is -0.886. The van der Waals surface area contributed by atoms with Crippen LogP contribution >= 0.6 is 0 Å². The molecule has 22 heavy (non-hydrogen) atoms. The maximum absolute atomic E-state index is 12.2. The number of amides is 1. The summed E-state index contributed by atoms with van der Waals surface area (Å²) >= 11 is 0. The number of carbonyl (C=O) groups is 2. The molecule has 114 valence electrons. The van der Waals surface area contributed by atoms with Gasteiger partial charge in [0.15, 0.2) is 0 Å². The maximum atomic E-state index is 12.2. The molecule has 1 amide bonds. The number of rotatable bonds is 6. The van der Waals surface area contributed by atoms with Crippen molar-refractivity contribution >= 4 is 11.9 Å². The predicted molar refractivity (Wildman–Crippen MR) is 75.6 cm³/mol. The van der Waals surface area contributed by atoms with Crippen LogP contribution in [0.15, 0.2) is 30.3 Å². The van der Waals surface area contributed by atoms with Crippen LogP contribution in [0.3, 0.4) is 0 Å². The van der Waals surface area contributed by atoms with Gasteiger partial charge in [-0.2, -0.15) is 4.80 Å². The molecule has 1 N–H and O–H groups in total. The lowest BCUT2D eigenvalue weighted by Gasteiger charge is -2.19. The number of tetrazole rings is 1. The first-order valence-corrected chi connectivity index (χ1v) is 6.98. The van der Waals surface area contributed by atoms with Crippen LogP contribution in [-0.2, 0) is 16.1 Å². The molecular weight excluding hydrogens is 286 g/mol. The Hall–Kier alpha value is -2.77. The van der Waals surface area contributed by atoms with E-state index in [1.807, 2.05) is 30.3 Å². The number of benzene rings is 1. The summed E-state index contributed by atoms with van der Waals surface area (Å²) in [5, 5.41) is 20.8. The molecule has 8 heteroatoms. The molecule has 1 aromatic carbocycles. The van der Waals surface area contributed by atoms with E-state index >= 15 is 0 Å². The van der Waals surface area contributed by atoms with E-state index in [0.29, 0.717) is 5.82 Å². The molecule has 2 aromatic rings. The lowest BCUT2D eigenvalue weighted by atomic mass is 10.2. The summed E-state index contributed by atoms with van der Waals surface area (Å²) in [7, 11) is 0. The van der Waals surface area contributed by atoms with Crippen molar-refractivity contribution < 1.29 is 14.7 Å². The second kappa shape index (κ2) is 5.92. The van der Waals surface area contributed by atoms with Crippen LogP contribution in [0, 0.1) is 0 Å². The third-order valence-electron chi connectivity index (χ3n) is 3.38. The van der Waals surface area contributed by atoms with Gasteiger partial charge in [-0.05, 0) is 18.1 Å². The van der Waals surface area contributed by atoms with Crippen LogP contribution < -0.4 is 0 Å². The zero-order valence-electron chi connectivity index (χ0n) is 11.8. The highest BCUT2D eigenvalue weighted by Crippen LogP contribution is 2.26. The quantitative estimate of drug-likeness (QED) is 0.829. The van der Waals surface area contributed by atoms with Gasteiger partial charge >= 0.3 is 5.97 Å². The van der Waals surface area contributed by atoms with Gasteiger partial charge in [-0.1, -0.05) is 30.3 Å². The summed E-state index contributed by atoms with van der Waals surface area (Å²) in [5.41, 5.74) is 0.811. The molecule has 1 aliphatic rings. The fourth-order valence-corrected chi connectivity index (χ4v) is 2.18. The molecule has 0 radical (unpaired) electrons. The number of carboxylic acid groups (broad SMARTS) is 1. The van der Waals surface area contributed by atoms with Gasteiger partial charge in [-0.15, -0.1) is 10.2 Å². The van der Waals surface area contributed by atoms with E-state index in [9.17, 15) is 9.59 Å². The van der Waals surface area contributed by atoms with Crippen molar-refractivity contribution in [1.82, 2.24) is 25.1 Å². The minimum absolute atomic E-state index is 0.0284. The number of aromatic nitrogens is 4. The van der Waals surface area contributed by atoms with Crippen molar-refractivity contribution in [2.75, 3.05) is 6.54 Å². The number of carboxylic acids is 1. The third-order valence-corrected chi connectivity index (χ3v) is 3.38. The number of nitrogens with zero attached hydrogens (tertiary/aromatic N) is 5. The fourth-order valence-electron chi connectivity index (χ4n) is 2.18. The van der Waals surface area contributed by atoms with Gasteiger partial charge in [0, 0.05) is 11.6 Å². The monoisotopic (exact) mass is 301 g/mol. The lowest BCUT2D eigenvalue weighted by molar-refractivity contribution is -0.145. The van der Waals surface area contributed by atoms with E-state index in [4.69, 9.17) is 5.11 Å². The molecule has 0 aliphatic heterocycles. The fraction of sp³-hybridized carbons (Fsp3) is 0.357.